The second kappa shape index (κ2) is 12.6. The van der Waals surface area contributed by atoms with E-state index in [0.29, 0.717) is 23.5 Å². The topological polar surface area (TPSA) is 114 Å². The molecule has 0 aliphatic rings. The van der Waals surface area contributed by atoms with Crippen LogP contribution < -0.4 is 10.1 Å². The molecule has 2 amide bonds. The minimum Gasteiger partial charge on any atom is -0.491 e. The summed E-state index contributed by atoms with van der Waals surface area (Å²) in [5.41, 5.74) is 0.939. The van der Waals surface area contributed by atoms with Crippen molar-refractivity contribution in [1.29, 1.82) is 0 Å². The second-order valence-corrected chi connectivity index (χ2v) is 6.29. The Balaban J connectivity index is 2.16. The first-order valence-corrected chi connectivity index (χ1v) is 9.72. The van der Waals surface area contributed by atoms with Gasteiger partial charge < -0.3 is 24.4 Å². The van der Waals surface area contributed by atoms with Gasteiger partial charge in [0, 0.05) is 25.2 Å². The molecule has 0 saturated heterocycles. The molecule has 2 aromatic carbocycles. The Morgan fingerprint density at radius 1 is 1.00 bits per heavy atom. The summed E-state index contributed by atoms with van der Waals surface area (Å²) in [4.78, 5) is 24.6. The SMILES string of the molecule is CCO[C@H](CCO)[C@H](OC(=O)NC(=O)c1ccccc1)c1ccc(OCCO)cc1. The molecular weight excluding hydrogens is 390 g/mol. The van der Waals surface area contributed by atoms with E-state index in [1.807, 2.05) is 0 Å². The Labute approximate surface area is 175 Å². The Morgan fingerprint density at radius 2 is 1.70 bits per heavy atom. The summed E-state index contributed by atoms with van der Waals surface area (Å²) in [6.45, 7) is 2.05. The number of hydrogen-bond acceptors (Lipinski definition) is 7. The molecular formula is C22H27NO7. The zero-order chi connectivity index (χ0) is 21.8. The summed E-state index contributed by atoms with van der Waals surface area (Å²) in [6.07, 6.45) is -2.15. The number of carbonyl (C=O) groups excluding carboxylic acids is 2. The van der Waals surface area contributed by atoms with Gasteiger partial charge in [-0.3, -0.25) is 10.1 Å². The molecule has 0 bridgehead atoms. The molecule has 3 N–H and O–H groups in total. The Bertz CT molecular complexity index is 774. The van der Waals surface area contributed by atoms with Gasteiger partial charge >= 0.3 is 6.09 Å². The number of imide groups is 1. The highest BCUT2D eigenvalue weighted by Crippen LogP contribution is 2.28. The quantitative estimate of drug-likeness (QED) is 0.514. The lowest BCUT2D eigenvalue weighted by Gasteiger charge is -2.27. The maximum absolute atomic E-state index is 12.4. The predicted octanol–water partition coefficient (Wildman–Crippen LogP) is 2.45. The predicted molar refractivity (Wildman–Crippen MR) is 109 cm³/mol. The summed E-state index contributed by atoms with van der Waals surface area (Å²) < 4.78 is 16.5. The third-order valence-corrected chi connectivity index (χ3v) is 4.19. The average molecular weight is 417 g/mol. The van der Waals surface area contributed by atoms with Crippen molar-refractivity contribution in [3.63, 3.8) is 0 Å². The van der Waals surface area contributed by atoms with E-state index in [-0.39, 0.29) is 26.2 Å². The maximum atomic E-state index is 12.4. The zero-order valence-corrected chi connectivity index (χ0v) is 16.8. The normalized spacial score (nSPS) is 12.6. The van der Waals surface area contributed by atoms with Crippen LogP contribution in [0.1, 0.15) is 35.4 Å². The van der Waals surface area contributed by atoms with Gasteiger partial charge in [-0.05, 0) is 36.8 Å². The largest absolute Gasteiger partial charge is 0.491 e. The van der Waals surface area contributed by atoms with Crippen LogP contribution in [0.25, 0.3) is 0 Å². The number of aliphatic hydroxyl groups excluding tert-OH is 2. The van der Waals surface area contributed by atoms with Crippen molar-refractivity contribution < 1.29 is 34.0 Å². The van der Waals surface area contributed by atoms with Gasteiger partial charge in [0.05, 0.1) is 6.61 Å². The van der Waals surface area contributed by atoms with Crippen molar-refractivity contribution >= 4 is 12.0 Å². The van der Waals surface area contributed by atoms with Gasteiger partial charge in [-0.25, -0.2) is 4.79 Å². The molecule has 30 heavy (non-hydrogen) atoms. The molecule has 0 aliphatic heterocycles. The Kier molecular flexibility index (Phi) is 9.79. The number of alkyl carbamates (subject to hydrolysis) is 1. The van der Waals surface area contributed by atoms with Gasteiger partial charge in [-0.2, -0.15) is 0 Å². The molecule has 8 nitrogen and oxygen atoms in total. The lowest BCUT2D eigenvalue weighted by Crippen LogP contribution is -2.35. The van der Waals surface area contributed by atoms with Crippen molar-refractivity contribution in [1.82, 2.24) is 5.32 Å². The summed E-state index contributed by atoms with van der Waals surface area (Å²) in [7, 11) is 0. The van der Waals surface area contributed by atoms with Crippen molar-refractivity contribution in [2.75, 3.05) is 26.4 Å². The molecule has 0 spiro atoms. The highest BCUT2D eigenvalue weighted by Gasteiger charge is 2.28. The van der Waals surface area contributed by atoms with Crippen LogP contribution in [0.15, 0.2) is 54.6 Å². The van der Waals surface area contributed by atoms with Gasteiger partial charge in [0.2, 0.25) is 0 Å². The van der Waals surface area contributed by atoms with Gasteiger partial charge in [0.15, 0.2) is 6.10 Å². The van der Waals surface area contributed by atoms with Crippen LogP contribution in [0, 0.1) is 0 Å². The summed E-state index contributed by atoms with van der Waals surface area (Å²) in [6, 6.07) is 15.1. The maximum Gasteiger partial charge on any atom is 0.414 e. The minimum absolute atomic E-state index is 0.105. The third-order valence-electron chi connectivity index (χ3n) is 4.19. The summed E-state index contributed by atoms with van der Waals surface area (Å²) in [5, 5.41) is 20.5. The fourth-order valence-corrected chi connectivity index (χ4v) is 2.84. The molecule has 2 atom stereocenters. The molecule has 2 aromatic rings. The highest BCUT2D eigenvalue weighted by molar-refractivity contribution is 6.02. The number of benzene rings is 2. The smallest absolute Gasteiger partial charge is 0.414 e. The lowest BCUT2D eigenvalue weighted by atomic mass is 10.0. The zero-order valence-electron chi connectivity index (χ0n) is 16.8. The highest BCUT2D eigenvalue weighted by atomic mass is 16.6. The first-order valence-electron chi connectivity index (χ1n) is 9.72. The molecule has 8 heteroatoms. The van der Waals surface area contributed by atoms with Crippen LogP contribution >= 0.6 is 0 Å². The van der Waals surface area contributed by atoms with Gasteiger partial charge in [-0.1, -0.05) is 30.3 Å². The third kappa shape index (κ3) is 7.14. The number of hydrogen-bond donors (Lipinski definition) is 3. The fourth-order valence-electron chi connectivity index (χ4n) is 2.84. The van der Waals surface area contributed by atoms with Crippen LogP contribution in [0.4, 0.5) is 4.79 Å². The standard InChI is InChI=1S/C22H27NO7/c1-2-28-19(12-13-24)20(16-8-10-18(11-9-16)29-15-14-25)30-22(27)23-21(26)17-6-4-3-5-7-17/h3-11,19-20,24-25H,2,12-15H2,1H3,(H,23,26,27)/t19-,20-/m1/s1. The molecule has 0 radical (unpaired) electrons. The molecule has 0 unspecified atom stereocenters. The van der Waals surface area contributed by atoms with Gasteiger partial charge in [0.25, 0.3) is 5.91 Å². The Morgan fingerprint density at radius 3 is 2.30 bits per heavy atom. The monoisotopic (exact) mass is 417 g/mol. The van der Waals surface area contributed by atoms with E-state index in [1.54, 1.807) is 61.5 Å². The van der Waals surface area contributed by atoms with Gasteiger partial charge in [0.1, 0.15) is 18.5 Å². The van der Waals surface area contributed by atoms with E-state index >= 15 is 0 Å². The van der Waals surface area contributed by atoms with Crippen LogP contribution in [-0.2, 0) is 9.47 Å². The number of rotatable bonds is 11. The minimum atomic E-state index is -0.919. The van der Waals surface area contributed by atoms with Crippen LogP contribution in [0.2, 0.25) is 0 Å². The average Bonchev–Trinajstić information content (AvgIpc) is 2.77. The first kappa shape index (κ1) is 23.3. The molecule has 0 aliphatic carbocycles. The summed E-state index contributed by atoms with van der Waals surface area (Å²) >= 11 is 0. The van der Waals surface area contributed by atoms with E-state index < -0.39 is 24.2 Å². The lowest BCUT2D eigenvalue weighted by molar-refractivity contribution is -0.0509. The van der Waals surface area contributed by atoms with Crippen molar-refractivity contribution in [3.05, 3.63) is 65.7 Å². The number of nitrogens with one attached hydrogen (secondary N) is 1. The van der Waals surface area contributed by atoms with Crippen LogP contribution in [0.3, 0.4) is 0 Å². The first-order chi connectivity index (χ1) is 14.6. The molecule has 0 saturated carbocycles. The summed E-state index contributed by atoms with van der Waals surface area (Å²) in [5.74, 6) is -0.0346. The van der Waals surface area contributed by atoms with Crippen molar-refractivity contribution in [3.8, 4) is 5.75 Å². The fraction of sp³-hybridized carbons (Fsp3) is 0.364. The van der Waals surface area contributed by atoms with E-state index in [1.165, 1.54) is 0 Å². The number of aliphatic hydroxyl groups is 2. The molecule has 0 heterocycles. The molecule has 2 rings (SSSR count). The van der Waals surface area contributed by atoms with Gasteiger partial charge in [-0.15, -0.1) is 0 Å². The molecule has 0 fully saturated rings. The van der Waals surface area contributed by atoms with E-state index in [0.717, 1.165) is 0 Å². The van der Waals surface area contributed by atoms with E-state index in [2.05, 4.69) is 5.32 Å². The molecule has 0 aromatic heterocycles. The van der Waals surface area contributed by atoms with Crippen LogP contribution in [-0.4, -0.2) is 54.7 Å². The number of amides is 2. The van der Waals surface area contributed by atoms with Crippen molar-refractivity contribution in [2.24, 2.45) is 0 Å². The Hall–Kier alpha value is -2.94. The number of ether oxygens (including phenoxy) is 3. The van der Waals surface area contributed by atoms with E-state index in [9.17, 15) is 14.7 Å². The van der Waals surface area contributed by atoms with Crippen LogP contribution in [0.5, 0.6) is 5.75 Å². The second-order valence-electron chi connectivity index (χ2n) is 6.29. The number of carbonyl (C=O) groups is 2. The van der Waals surface area contributed by atoms with Crippen molar-refractivity contribution in [2.45, 2.75) is 25.6 Å². The molecule has 162 valence electrons. The van der Waals surface area contributed by atoms with E-state index in [4.69, 9.17) is 19.3 Å².